The Labute approximate surface area is 102 Å². The molecule has 1 fully saturated rings. The molecule has 0 bridgehead atoms. The van der Waals surface area contributed by atoms with Crippen LogP contribution in [0.5, 0.6) is 0 Å². The predicted octanol–water partition coefficient (Wildman–Crippen LogP) is 0.800. The van der Waals surface area contributed by atoms with Crippen LogP contribution >= 0.6 is 0 Å². The second kappa shape index (κ2) is 7.25. The number of nitrogens with zero attached hydrogens (tertiary/aromatic N) is 2. The fourth-order valence-corrected chi connectivity index (χ4v) is 1.91. The van der Waals surface area contributed by atoms with Gasteiger partial charge in [-0.2, -0.15) is 5.26 Å². The molecule has 1 aliphatic heterocycles. The first-order chi connectivity index (χ1) is 8.20. The Kier molecular flexibility index (Phi) is 5.95. The first kappa shape index (κ1) is 13.9. The van der Waals surface area contributed by atoms with Gasteiger partial charge in [0.1, 0.15) is 6.10 Å². The zero-order valence-corrected chi connectivity index (χ0v) is 10.5. The molecule has 0 spiro atoms. The Bertz CT molecular complexity index is 288. The quantitative estimate of drug-likeness (QED) is 0.689. The molecule has 2 atom stereocenters. The van der Waals surface area contributed by atoms with Crippen LogP contribution in [0.25, 0.3) is 0 Å². The van der Waals surface area contributed by atoms with Crippen molar-refractivity contribution in [2.75, 3.05) is 33.4 Å². The van der Waals surface area contributed by atoms with E-state index in [-0.39, 0.29) is 17.9 Å². The summed E-state index contributed by atoms with van der Waals surface area (Å²) < 4.78 is 10.4. The fourth-order valence-electron chi connectivity index (χ4n) is 1.91. The number of methoxy groups -OCH3 is 1. The molecule has 0 aromatic rings. The second-order valence-electron chi connectivity index (χ2n) is 4.28. The summed E-state index contributed by atoms with van der Waals surface area (Å²) in [5, 5.41) is 8.59. The minimum absolute atomic E-state index is 0.0118. The maximum absolute atomic E-state index is 12.2. The van der Waals surface area contributed by atoms with Gasteiger partial charge in [0.15, 0.2) is 0 Å². The summed E-state index contributed by atoms with van der Waals surface area (Å²) in [6, 6.07) is 2.06. The van der Waals surface area contributed by atoms with Crippen molar-refractivity contribution < 1.29 is 14.3 Å². The van der Waals surface area contributed by atoms with E-state index >= 15 is 0 Å². The third-order valence-corrected chi connectivity index (χ3v) is 3.00. The molecule has 96 valence electrons. The minimum atomic E-state index is -0.342. The molecule has 1 heterocycles. The SMILES string of the molecule is COCCN(CCC#N)C(=O)C1OCCC1C. The van der Waals surface area contributed by atoms with E-state index in [2.05, 4.69) is 6.07 Å². The van der Waals surface area contributed by atoms with Crippen molar-refractivity contribution in [1.82, 2.24) is 4.90 Å². The number of hydrogen-bond acceptors (Lipinski definition) is 4. The van der Waals surface area contributed by atoms with Gasteiger partial charge in [-0.15, -0.1) is 0 Å². The summed E-state index contributed by atoms with van der Waals surface area (Å²) in [5.74, 6) is 0.247. The van der Waals surface area contributed by atoms with Gasteiger partial charge >= 0.3 is 0 Å². The van der Waals surface area contributed by atoms with E-state index in [1.54, 1.807) is 12.0 Å². The average Bonchev–Trinajstić information content (AvgIpc) is 2.75. The summed E-state index contributed by atoms with van der Waals surface area (Å²) in [4.78, 5) is 13.9. The molecule has 0 aliphatic carbocycles. The van der Waals surface area contributed by atoms with Crippen molar-refractivity contribution in [3.05, 3.63) is 0 Å². The molecule has 0 saturated carbocycles. The lowest BCUT2D eigenvalue weighted by Gasteiger charge is -2.25. The lowest BCUT2D eigenvalue weighted by Crippen LogP contribution is -2.43. The van der Waals surface area contributed by atoms with Crippen molar-refractivity contribution >= 4 is 5.91 Å². The molecule has 1 amide bonds. The largest absolute Gasteiger partial charge is 0.383 e. The predicted molar refractivity (Wildman–Crippen MR) is 62.2 cm³/mol. The maximum Gasteiger partial charge on any atom is 0.252 e. The minimum Gasteiger partial charge on any atom is -0.383 e. The van der Waals surface area contributed by atoms with E-state index in [9.17, 15) is 4.79 Å². The van der Waals surface area contributed by atoms with E-state index in [4.69, 9.17) is 14.7 Å². The third kappa shape index (κ3) is 3.99. The highest BCUT2D eigenvalue weighted by Gasteiger charge is 2.33. The molecule has 0 aromatic heterocycles. The van der Waals surface area contributed by atoms with Crippen molar-refractivity contribution in [3.8, 4) is 6.07 Å². The molecular formula is C12H20N2O3. The van der Waals surface area contributed by atoms with Gasteiger partial charge in [-0.05, 0) is 12.3 Å². The summed E-state index contributed by atoms with van der Waals surface area (Å²) in [6.45, 7) is 4.12. The number of carbonyl (C=O) groups excluding carboxylic acids is 1. The van der Waals surface area contributed by atoms with Crippen molar-refractivity contribution in [2.45, 2.75) is 25.9 Å². The van der Waals surface area contributed by atoms with Crippen molar-refractivity contribution in [3.63, 3.8) is 0 Å². The molecule has 5 heteroatoms. The molecule has 1 saturated heterocycles. The van der Waals surface area contributed by atoms with Gasteiger partial charge < -0.3 is 14.4 Å². The summed E-state index contributed by atoms with van der Waals surface area (Å²) in [6.07, 6.45) is 0.925. The molecule has 5 nitrogen and oxygen atoms in total. The number of rotatable bonds is 6. The molecule has 2 unspecified atom stereocenters. The van der Waals surface area contributed by atoms with Crippen LogP contribution in [0.2, 0.25) is 0 Å². The molecule has 1 rings (SSSR count). The van der Waals surface area contributed by atoms with Crippen molar-refractivity contribution in [2.24, 2.45) is 5.92 Å². The molecule has 17 heavy (non-hydrogen) atoms. The Morgan fingerprint density at radius 2 is 2.35 bits per heavy atom. The van der Waals surface area contributed by atoms with E-state index in [0.717, 1.165) is 6.42 Å². The van der Waals surface area contributed by atoms with Crippen LogP contribution in [0.1, 0.15) is 19.8 Å². The number of nitriles is 1. The Morgan fingerprint density at radius 1 is 1.59 bits per heavy atom. The van der Waals surface area contributed by atoms with E-state index < -0.39 is 0 Å². The van der Waals surface area contributed by atoms with Gasteiger partial charge in [0.25, 0.3) is 5.91 Å². The first-order valence-electron chi connectivity index (χ1n) is 5.97. The van der Waals surface area contributed by atoms with E-state index in [1.165, 1.54) is 0 Å². The zero-order chi connectivity index (χ0) is 12.7. The van der Waals surface area contributed by atoms with Crippen LogP contribution in [0, 0.1) is 17.2 Å². The normalized spacial score (nSPS) is 23.4. The lowest BCUT2D eigenvalue weighted by atomic mass is 10.0. The molecule has 0 radical (unpaired) electrons. The monoisotopic (exact) mass is 240 g/mol. The number of carbonyl (C=O) groups is 1. The Balaban J connectivity index is 2.54. The molecule has 1 aliphatic rings. The first-order valence-corrected chi connectivity index (χ1v) is 5.97. The van der Waals surface area contributed by atoms with Gasteiger partial charge in [0.05, 0.1) is 19.1 Å². The third-order valence-electron chi connectivity index (χ3n) is 3.00. The second-order valence-corrected chi connectivity index (χ2v) is 4.28. The van der Waals surface area contributed by atoms with Gasteiger partial charge in [0, 0.05) is 26.8 Å². The standard InChI is InChI=1S/C12H20N2O3/c1-10-4-8-17-11(10)12(15)14(6-3-5-13)7-9-16-2/h10-11H,3-4,6-9H2,1-2H3. The fraction of sp³-hybridized carbons (Fsp3) is 0.833. The van der Waals surface area contributed by atoms with Gasteiger partial charge in [0.2, 0.25) is 0 Å². The molecule has 0 N–H and O–H groups in total. The maximum atomic E-state index is 12.2. The summed E-state index contributed by atoms with van der Waals surface area (Å²) in [7, 11) is 1.60. The van der Waals surface area contributed by atoms with Crippen LogP contribution in [0.3, 0.4) is 0 Å². The highest BCUT2D eigenvalue weighted by Crippen LogP contribution is 2.21. The highest BCUT2D eigenvalue weighted by molar-refractivity contribution is 5.81. The summed E-state index contributed by atoms with van der Waals surface area (Å²) >= 11 is 0. The van der Waals surface area contributed by atoms with Crippen LogP contribution in [-0.4, -0.2) is 50.3 Å². The van der Waals surface area contributed by atoms with Crippen LogP contribution < -0.4 is 0 Å². The topological polar surface area (TPSA) is 62.6 Å². The Morgan fingerprint density at radius 3 is 2.88 bits per heavy atom. The van der Waals surface area contributed by atoms with Gasteiger partial charge in [-0.25, -0.2) is 0 Å². The number of hydrogen-bond donors (Lipinski definition) is 0. The molecular weight excluding hydrogens is 220 g/mol. The van der Waals surface area contributed by atoms with E-state index in [0.29, 0.717) is 32.7 Å². The smallest absolute Gasteiger partial charge is 0.252 e. The number of ether oxygens (including phenoxy) is 2. The van der Waals surface area contributed by atoms with Gasteiger partial charge in [-0.3, -0.25) is 4.79 Å². The van der Waals surface area contributed by atoms with Crippen molar-refractivity contribution in [1.29, 1.82) is 5.26 Å². The number of amides is 1. The van der Waals surface area contributed by atoms with Crippen LogP contribution in [0.4, 0.5) is 0 Å². The highest BCUT2D eigenvalue weighted by atomic mass is 16.5. The van der Waals surface area contributed by atoms with Crippen LogP contribution in [-0.2, 0) is 14.3 Å². The zero-order valence-electron chi connectivity index (χ0n) is 10.5. The molecule has 0 aromatic carbocycles. The Hall–Kier alpha value is -1.12. The van der Waals surface area contributed by atoms with Crippen LogP contribution in [0.15, 0.2) is 0 Å². The van der Waals surface area contributed by atoms with Gasteiger partial charge in [-0.1, -0.05) is 6.92 Å². The summed E-state index contributed by atoms with van der Waals surface area (Å²) in [5.41, 5.74) is 0. The lowest BCUT2D eigenvalue weighted by molar-refractivity contribution is -0.143. The van der Waals surface area contributed by atoms with E-state index in [1.807, 2.05) is 6.92 Å². The average molecular weight is 240 g/mol.